The maximum absolute atomic E-state index is 13.9. The number of ether oxygens (including phenoxy) is 1. The van der Waals surface area contributed by atoms with Crippen LogP contribution in [-0.2, 0) is 5.60 Å². The predicted octanol–water partition coefficient (Wildman–Crippen LogP) is 3.76. The Hall–Kier alpha value is -1.94. The first-order valence-corrected chi connectivity index (χ1v) is 6.92. The fraction of sp³-hybridized carbons (Fsp3) is 0.294. The van der Waals surface area contributed by atoms with Crippen molar-refractivity contribution in [3.05, 3.63) is 65.2 Å². The Balaban J connectivity index is 1.98. The van der Waals surface area contributed by atoms with Gasteiger partial charge in [0.1, 0.15) is 11.4 Å². The molecule has 1 unspecified atom stereocenters. The minimum absolute atomic E-state index is 0.0916. The Morgan fingerprint density at radius 1 is 1.14 bits per heavy atom. The van der Waals surface area contributed by atoms with Gasteiger partial charge in [-0.05, 0) is 43.5 Å². The van der Waals surface area contributed by atoms with Gasteiger partial charge >= 0.3 is 0 Å². The van der Waals surface area contributed by atoms with Gasteiger partial charge in [-0.25, -0.2) is 8.78 Å². The second kappa shape index (κ2) is 5.11. The Morgan fingerprint density at radius 3 is 2.57 bits per heavy atom. The van der Waals surface area contributed by atoms with Gasteiger partial charge < -0.3 is 9.84 Å². The molecule has 0 bridgehead atoms. The molecule has 110 valence electrons. The minimum Gasteiger partial charge on any atom is -0.490 e. The fourth-order valence-corrected chi connectivity index (χ4v) is 2.29. The molecule has 0 heterocycles. The molecule has 21 heavy (non-hydrogen) atoms. The molecule has 1 aliphatic rings. The molecule has 2 aromatic rings. The highest BCUT2D eigenvalue weighted by molar-refractivity contribution is 5.40. The Labute approximate surface area is 122 Å². The van der Waals surface area contributed by atoms with E-state index in [1.54, 1.807) is 24.3 Å². The molecule has 1 aliphatic carbocycles. The molecule has 0 aliphatic heterocycles. The Bertz CT molecular complexity index is 664. The lowest BCUT2D eigenvalue weighted by Gasteiger charge is -2.25. The summed E-state index contributed by atoms with van der Waals surface area (Å²) in [5.74, 6) is -1.37. The Morgan fingerprint density at radius 2 is 1.86 bits per heavy atom. The summed E-state index contributed by atoms with van der Waals surface area (Å²) in [6.45, 7) is 1.45. The number of aliphatic hydroxyl groups is 1. The second-order valence-electron chi connectivity index (χ2n) is 5.52. The van der Waals surface area contributed by atoms with Crippen LogP contribution in [0.5, 0.6) is 5.75 Å². The van der Waals surface area contributed by atoms with Crippen molar-refractivity contribution in [3.8, 4) is 5.75 Å². The topological polar surface area (TPSA) is 29.5 Å². The van der Waals surface area contributed by atoms with Crippen molar-refractivity contribution in [1.29, 1.82) is 0 Å². The van der Waals surface area contributed by atoms with Crippen molar-refractivity contribution in [2.75, 3.05) is 0 Å². The highest BCUT2D eigenvalue weighted by Gasteiger charge is 2.31. The number of hydrogen-bond donors (Lipinski definition) is 1. The van der Waals surface area contributed by atoms with Crippen LogP contribution in [-0.4, -0.2) is 11.2 Å². The van der Waals surface area contributed by atoms with E-state index in [9.17, 15) is 13.9 Å². The van der Waals surface area contributed by atoms with E-state index >= 15 is 0 Å². The average Bonchev–Trinajstić information content (AvgIpc) is 3.26. The second-order valence-corrected chi connectivity index (χ2v) is 5.52. The number of benzene rings is 2. The van der Waals surface area contributed by atoms with Gasteiger partial charge in [0, 0.05) is 5.56 Å². The highest BCUT2D eigenvalue weighted by atomic mass is 19.2. The highest BCUT2D eigenvalue weighted by Crippen LogP contribution is 2.34. The fourth-order valence-electron chi connectivity index (χ4n) is 2.29. The summed E-state index contributed by atoms with van der Waals surface area (Å²) in [6, 6.07) is 10.7. The van der Waals surface area contributed by atoms with E-state index in [-0.39, 0.29) is 11.7 Å². The van der Waals surface area contributed by atoms with Crippen LogP contribution in [0.25, 0.3) is 0 Å². The molecule has 2 aromatic carbocycles. The van der Waals surface area contributed by atoms with Gasteiger partial charge in [0.05, 0.1) is 6.10 Å². The largest absolute Gasteiger partial charge is 0.490 e. The molecule has 1 N–H and O–H groups in total. The normalized spacial score (nSPS) is 17.3. The molecule has 3 rings (SSSR count). The van der Waals surface area contributed by atoms with Crippen LogP contribution in [0.4, 0.5) is 8.78 Å². The Kier molecular flexibility index (Phi) is 3.41. The number of rotatable bonds is 4. The van der Waals surface area contributed by atoms with E-state index in [2.05, 4.69) is 0 Å². The monoisotopic (exact) mass is 290 g/mol. The van der Waals surface area contributed by atoms with Crippen LogP contribution in [0.15, 0.2) is 42.5 Å². The first kappa shape index (κ1) is 14.0. The van der Waals surface area contributed by atoms with E-state index < -0.39 is 17.2 Å². The lowest BCUT2D eigenvalue weighted by atomic mass is 9.87. The van der Waals surface area contributed by atoms with Gasteiger partial charge in [-0.15, -0.1) is 0 Å². The summed E-state index contributed by atoms with van der Waals surface area (Å²) in [5, 5.41) is 10.7. The minimum atomic E-state index is -1.63. The van der Waals surface area contributed by atoms with Crippen molar-refractivity contribution in [2.45, 2.75) is 31.5 Å². The maximum Gasteiger partial charge on any atom is 0.165 e. The predicted molar refractivity (Wildman–Crippen MR) is 75.1 cm³/mol. The summed E-state index contributed by atoms with van der Waals surface area (Å²) >= 11 is 0. The van der Waals surface area contributed by atoms with Gasteiger partial charge in [-0.1, -0.05) is 24.3 Å². The third kappa shape index (κ3) is 2.76. The SMILES string of the molecule is CC(O)(c1cccc(OC2CC2)c1)c1cccc(F)c1F. The molecule has 2 nitrogen and oxygen atoms in total. The molecular weight excluding hydrogens is 274 g/mol. The molecular formula is C17H16F2O2. The van der Waals surface area contributed by atoms with E-state index in [1.165, 1.54) is 19.1 Å². The number of halogens is 2. The summed E-state index contributed by atoms with van der Waals surface area (Å²) in [5.41, 5.74) is -1.26. The van der Waals surface area contributed by atoms with Gasteiger partial charge in [0.15, 0.2) is 11.6 Å². The molecule has 0 aromatic heterocycles. The van der Waals surface area contributed by atoms with Crippen LogP contribution < -0.4 is 4.74 Å². The summed E-state index contributed by atoms with van der Waals surface area (Å²) < 4.78 is 33.0. The lowest BCUT2D eigenvalue weighted by molar-refractivity contribution is 0.0966. The average molecular weight is 290 g/mol. The molecule has 0 amide bonds. The quantitative estimate of drug-likeness (QED) is 0.929. The molecule has 0 saturated heterocycles. The molecule has 1 atom stereocenters. The van der Waals surface area contributed by atoms with Crippen LogP contribution in [0.2, 0.25) is 0 Å². The molecule has 1 saturated carbocycles. The molecule has 0 spiro atoms. The van der Waals surface area contributed by atoms with Crippen molar-refractivity contribution < 1.29 is 18.6 Å². The van der Waals surface area contributed by atoms with E-state index in [0.29, 0.717) is 11.3 Å². The lowest BCUT2D eigenvalue weighted by Crippen LogP contribution is -2.24. The zero-order chi connectivity index (χ0) is 15.0. The zero-order valence-electron chi connectivity index (χ0n) is 11.6. The smallest absolute Gasteiger partial charge is 0.165 e. The van der Waals surface area contributed by atoms with E-state index in [1.807, 2.05) is 0 Å². The molecule has 4 heteroatoms. The summed E-state index contributed by atoms with van der Waals surface area (Å²) in [6.07, 6.45) is 2.29. The van der Waals surface area contributed by atoms with Crippen molar-refractivity contribution in [3.63, 3.8) is 0 Å². The van der Waals surface area contributed by atoms with Gasteiger partial charge in [0.25, 0.3) is 0 Å². The standard InChI is InChI=1S/C17H16F2O2/c1-17(20,14-6-3-7-15(18)16(14)19)11-4-2-5-13(10-11)21-12-8-9-12/h2-7,10,12,20H,8-9H2,1H3. The first-order valence-electron chi connectivity index (χ1n) is 6.92. The van der Waals surface area contributed by atoms with Gasteiger partial charge in [-0.2, -0.15) is 0 Å². The van der Waals surface area contributed by atoms with E-state index in [0.717, 1.165) is 18.9 Å². The molecule has 1 fully saturated rings. The zero-order valence-corrected chi connectivity index (χ0v) is 11.6. The maximum atomic E-state index is 13.9. The third-order valence-corrected chi connectivity index (χ3v) is 3.70. The summed E-state index contributed by atoms with van der Waals surface area (Å²) in [4.78, 5) is 0. The van der Waals surface area contributed by atoms with Gasteiger partial charge in [0.2, 0.25) is 0 Å². The molecule has 0 radical (unpaired) electrons. The van der Waals surface area contributed by atoms with E-state index in [4.69, 9.17) is 4.74 Å². The van der Waals surface area contributed by atoms with Crippen molar-refractivity contribution in [1.82, 2.24) is 0 Å². The van der Waals surface area contributed by atoms with Gasteiger partial charge in [-0.3, -0.25) is 0 Å². The first-order chi connectivity index (χ1) is 9.98. The summed E-state index contributed by atoms with van der Waals surface area (Å²) in [7, 11) is 0. The van der Waals surface area contributed by atoms with Crippen LogP contribution in [0.1, 0.15) is 30.9 Å². The van der Waals surface area contributed by atoms with Crippen molar-refractivity contribution >= 4 is 0 Å². The third-order valence-electron chi connectivity index (χ3n) is 3.70. The van der Waals surface area contributed by atoms with Crippen molar-refractivity contribution in [2.24, 2.45) is 0 Å². The van der Waals surface area contributed by atoms with Crippen LogP contribution in [0, 0.1) is 11.6 Å². The number of hydrogen-bond acceptors (Lipinski definition) is 2. The van der Waals surface area contributed by atoms with Crippen LogP contribution >= 0.6 is 0 Å². The van der Waals surface area contributed by atoms with Crippen LogP contribution in [0.3, 0.4) is 0 Å².